The first kappa shape index (κ1) is 18.0. The number of hydrogen-bond acceptors (Lipinski definition) is 0. The largest absolute Gasteiger partial charge is 0.0843 e. The summed E-state index contributed by atoms with van der Waals surface area (Å²) in [6.07, 6.45) is 0. The van der Waals surface area contributed by atoms with E-state index in [1.165, 1.54) is 11.1 Å². The maximum absolute atomic E-state index is 5.73. The van der Waals surface area contributed by atoms with E-state index in [1.807, 2.05) is 32.9 Å². The molecule has 2 rings (SSSR count). The molecule has 0 bridgehead atoms. The summed E-state index contributed by atoms with van der Waals surface area (Å²) in [5.74, 6) is 0. The summed E-state index contributed by atoms with van der Waals surface area (Å²) < 4.78 is 0. The van der Waals surface area contributed by atoms with Gasteiger partial charge in [0.1, 0.15) is 0 Å². The Kier molecular flexibility index (Phi) is 9.38. The second kappa shape index (κ2) is 9.89. The Morgan fingerprint density at radius 1 is 0.684 bits per heavy atom. The van der Waals surface area contributed by atoms with Crippen molar-refractivity contribution < 1.29 is 0 Å². The first-order chi connectivity index (χ1) is 8.99. The molecule has 104 valence electrons. The van der Waals surface area contributed by atoms with Crippen molar-refractivity contribution in [3.05, 3.63) is 69.2 Å². The van der Waals surface area contributed by atoms with Crippen LogP contribution in [-0.2, 0) is 0 Å². The van der Waals surface area contributed by atoms with Crippen molar-refractivity contribution in [1.82, 2.24) is 0 Å². The molecule has 0 aliphatic heterocycles. The standard InChI is InChI=1S/C8H10.C7H6Cl2.C2H6/c1-7-3-5-8(2)6-4-7;1-5-2-3-6(8)4-7(5)9;1-2/h3-6H,1-2H3;2-4H,1H3;1-2H3. The maximum Gasteiger partial charge on any atom is 0.0449 e. The number of halogens is 2. The highest BCUT2D eigenvalue weighted by Gasteiger charge is 1.92. The second-order valence-electron chi connectivity index (χ2n) is 4.05. The Bertz CT molecular complexity index is 452. The summed E-state index contributed by atoms with van der Waals surface area (Å²) >= 11 is 11.4. The fourth-order valence-electron chi connectivity index (χ4n) is 1.20. The van der Waals surface area contributed by atoms with E-state index in [2.05, 4.69) is 38.1 Å². The quantitative estimate of drug-likeness (QED) is 0.512. The predicted molar refractivity (Wildman–Crippen MR) is 88.5 cm³/mol. The molecular weight excluding hydrogens is 275 g/mol. The van der Waals surface area contributed by atoms with Crippen LogP contribution in [0, 0.1) is 20.8 Å². The number of aryl methyl sites for hydroxylation is 3. The first-order valence-corrected chi connectivity index (χ1v) is 7.19. The molecule has 0 N–H and O–H groups in total. The minimum Gasteiger partial charge on any atom is -0.0843 e. The van der Waals surface area contributed by atoms with Crippen LogP contribution in [0.25, 0.3) is 0 Å². The van der Waals surface area contributed by atoms with E-state index in [0.29, 0.717) is 5.02 Å². The molecule has 0 atom stereocenters. The van der Waals surface area contributed by atoms with Crippen LogP contribution in [0.4, 0.5) is 0 Å². The lowest BCUT2D eigenvalue weighted by Gasteiger charge is -1.94. The van der Waals surface area contributed by atoms with Gasteiger partial charge in [-0.3, -0.25) is 0 Å². The molecule has 0 fully saturated rings. The minimum absolute atomic E-state index is 0.686. The molecule has 0 aliphatic rings. The van der Waals surface area contributed by atoms with Crippen LogP contribution in [0.15, 0.2) is 42.5 Å². The van der Waals surface area contributed by atoms with Gasteiger partial charge in [0, 0.05) is 10.0 Å². The molecule has 2 aromatic carbocycles. The number of benzene rings is 2. The number of rotatable bonds is 0. The first-order valence-electron chi connectivity index (χ1n) is 6.44. The lowest BCUT2D eigenvalue weighted by molar-refractivity contribution is 1.40. The summed E-state index contributed by atoms with van der Waals surface area (Å²) in [4.78, 5) is 0. The van der Waals surface area contributed by atoms with Gasteiger partial charge >= 0.3 is 0 Å². The van der Waals surface area contributed by atoms with Crippen LogP contribution in [0.3, 0.4) is 0 Å². The Labute approximate surface area is 127 Å². The van der Waals surface area contributed by atoms with E-state index in [1.54, 1.807) is 6.07 Å². The highest BCUT2D eigenvalue weighted by molar-refractivity contribution is 6.35. The zero-order valence-corrected chi connectivity index (χ0v) is 13.8. The van der Waals surface area contributed by atoms with E-state index in [0.717, 1.165) is 10.6 Å². The van der Waals surface area contributed by atoms with Crippen molar-refractivity contribution in [2.24, 2.45) is 0 Å². The van der Waals surface area contributed by atoms with E-state index in [4.69, 9.17) is 23.2 Å². The summed E-state index contributed by atoms with van der Waals surface area (Å²) in [6.45, 7) is 10.1. The van der Waals surface area contributed by atoms with Gasteiger partial charge in [-0.1, -0.05) is 78.5 Å². The molecule has 0 aromatic heterocycles. The van der Waals surface area contributed by atoms with Gasteiger partial charge < -0.3 is 0 Å². The average Bonchev–Trinajstić information content (AvgIpc) is 2.41. The van der Waals surface area contributed by atoms with E-state index >= 15 is 0 Å². The van der Waals surface area contributed by atoms with Gasteiger partial charge in [-0.25, -0.2) is 0 Å². The molecule has 19 heavy (non-hydrogen) atoms. The molecule has 0 spiro atoms. The Balaban J connectivity index is 0.000000303. The fourth-order valence-corrected chi connectivity index (χ4v) is 1.61. The van der Waals surface area contributed by atoms with Crippen molar-refractivity contribution in [3.63, 3.8) is 0 Å². The lowest BCUT2D eigenvalue weighted by Crippen LogP contribution is -1.71. The molecule has 0 unspecified atom stereocenters. The summed E-state index contributed by atoms with van der Waals surface area (Å²) in [7, 11) is 0. The zero-order chi connectivity index (χ0) is 14.8. The Morgan fingerprint density at radius 3 is 1.42 bits per heavy atom. The van der Waals surface area contributed by atoms with Crippen LogP contribution in [-0.4, -0.2) is 0 Å². The normalized spacial score (nSPS) is 8.79. The van der Waals surface area contributed by atoms with Gasteiger partial charge in [-0.2, -0.15) is 0 Å². The fraction of sp³-hybridized carbons (Fsp3) is 0.294. The Morgan fingerprint density at radius 2 is 1.11 bits per heavy atom. The van der Waals surface area contributed by atoms with E-state index in [-0.39, 0.29) is 0 Å². The summed E-state index contributed by atoms with van der Waals surface area (Å²) in [5, 5.41) is 1.41. The van der Waals surface area contributed by atoms with Crippen LogP contribution in [0.2, 0.25) is 10.0 Å². The van der Waals surface area contributed by atoms with E-state index < -0.39 is 0 Å². The third-order valence-electron chi connectivity index (χ3n) is 2.35. The van der Waals surface area contributed by atoms with Crippen molar-refractivity contribution in [2.45, 2.75) is 34.6 Å². The molecule has 0 aliphatic carbocycles. The summed E-state index contributed by atoms with van der Waals surface area (Å²) in [6, 6.07) is 13.9. The van der Waals surface area contributed by atoms with Gasteiger partial charge in [0.25, 0.3) is 0 Å². The van der Waals surface area contributed by atoms with Gasteiger partial charge in [-0.15, -0.1) is 0 Å². The number of hydrogen-bond donors (Lipinski definition) is 0. The monoisotopic (exact) mass is 296 g/mol. The zero-order valence-electron chi connectivity index (χ0n) is 12.3. The third-order valence-corrected chi connectivity index (χ3v) is 2.99. The molecule has 0 saturated carbocycles. The highest BCUT2D eigenvalue weighted by atomic mass is 35.5. The molecule has 0 heterocycles. The second-order valence-corrected chi connectivity index (χ2v) is 4.89. The average molecular weight is 297 g/mol. The van der Waals surface area contributed by atoms with Gasteiger partial charge in [0.2, 0.25) is 0 Å². The predicted octanol–water partition coefficient (Wildman–Crippen LogP) is 6.63. The molecule has 2 heteroatoms. The SMILES string of the molecule is CC.Cc1ccc(C)cc1.Cc1ccc(Cl)cc1Cl. The molecule has 0 radical (unpaired) electrons. The van der Waals surface area contributed by atoms with Gasteiger partial charge in [0.15, 0.2) is 0 Å². The van der Waals surface area contributed by atoms with Gasteiger partial charge in [0.05, 0.1) is 0 Å². The van der Waals surface area contributed by atoms with Crippen molar-refractivity contribution >= 4 is 23.2 Å². The highest BCUT2D eigenvalue weighted by Crippen LogP contribution is 2.19. The molecule has 0 amide bonds. The third kappa shape index (κ3) is 7.92. The van der Waals surface area contributed by atoms with Crippen LogP contribution in [0.1, 0.15) is 30.5 Å². The van der Waals surface area contributed by atoms with Gasteiger partial charge in [-0.05, 0) is 38.5 Å². The van der Waals surface area contributed by atoms with Crippen molar-refractivity contribution in [1.29, 1.82) is 0 Å². The molecular formula is C17H22Cl2. The Hall–Kier alpha value is -0.980. The topological polar surface area (TPSA) is 0 Å². The van der Waals surface area contributed by atoms with Crippen LogP contribution < -0.4 is 0 Å². The smallest absolute Gasteiger partial charge is 0.0449 e. The van der Waals surface area contributed by atoms with Crippen LogP contribution in [0.5, 0.6) is 0 Å². The minimum atomic E-state index is 0.686. The lowest BCUT2D eigenvalue weighted by atomic mass is 10.2. The maximum atomic E-state index is 5.73. The summed E-state index contributed by atoms with van der Waals surface area (Å²) in [5.41, 5.74) is 3.72. The molecule has 2 aromatic rings. The molecule has 0 nitrogen and oxygen atoms in total. The van der Waals surface area contributed by atoms with E-state index in [9.17, 15) is 0 Å². The van der Waals surface area contributed by atoms with Crippen molar-refractivity contribution in [2.75, 3.05) is 0 Å². The van der Waals surface area contributed by atoms with Crippen LogP contribution >= 0.6 is 23.2 Å². The molecule has 0 saturated heterocycles. The van der Waals surface area contributed by atoms with Crippen molar-refractivity contribution in [3.8, 4) is 0 Å².